The highest BCUT2D eigenvalue weighted by atomic mass is 16.1. The van der Waals surface area contributed by atoms with E-state index in [-0.39, 0.29) is 5.41 Å². The molecule has 4 aliphatic rings. The third-order valence-corrected chi connectivity index (χ3v) is 6.07. The molecule has 5 rings (SSSR count). The van der Waals surface area contributed by atoms with Gasteiger partial charge in [-0.25, -0.2) is 0 Å². The van der Waals surface area contributed by atoms with Crippen LogP contribution in [0.2, 0.25) is 0 Å². The molecule has 0 atom stereocenters. The Kier molecular flexibility index (Phi) is 2.64. The number of Topliss-reactive ketones (excluding diaryl/α,β-unsaturated/α-hetero) is 1. The van der Waals surface area contributed by atoms with E-state index in [0.29, 0.717) is 12.2 Å². The zero-order chi connectivity index (χ0) is 13.9. The molecule has 0 radical (unpaired) electrons. The standard InChI is InChI=1S/C17H24N2O/c1-11-3-15(19(2)18-11)7-16(20)17-8-12-4-13(9-17)6-14(5-12)10-17/h3,12-14H,4-10H2,1-2H3. The Morgan fingerprint density at radius 3 is 2.25 bits per heavy atom. The van der Waals surface area contributed by atoms with E-state index < -0.39 is 0 Å². The summed E-state index contributed by atoms with van der Waals surface area (Å²) in [5.41, 5.74) is 2.14. The Labute approximate surface area is 120 Å². The molecule has 1 heterocycles. The highest BCUT2D eigenvalue weighted by molar-refractivity contribution is 5.87. The van der Waals surface area contributed by atoms with Crippen LogP contribution in [0.15, 0.2) is 6.07 Å². The molecule has 0 unspecified atom stereocenters. The van der Waals surface area contributed by atoms with Crippen molar-refractivity contribution in [3.05, 3.63) is 17.5 Å². The van der Waals surface area contributed by atoms with E-state index in [2.05, 4.69) is 11.2 Å². The lowest BCUT2D eigenvalue weighted by Crippen LogP contribution is -2.50. The Balaban J connectivity index is 1.58. The molecule has 0 spiro atoms. The second-order valence-electron chi connectivity index (χ2n) is 7.70. The van der Waals surface area contributed by atoms with Crippen LogP contribution in [0, 0.1) is 30.1 Å². The number of carbonyl (C=O) groups excluding carboxylic acids is 1. The van der Waals surface area contributed by atoms with Gasteiger partial charge in [-0.05, 0) is 69.3 Å². The largest absolute Gasteiger partial charge is 0.299 e. The average molecular weight is 272 g/mol. The van der Waals surface area contributed by atoms with Crippen LogP contribution in [0.25, 0.3) is 0 Å². The first-order valence-corrected chi connectivity index (χ1v) is 8.07. The summed E-state index contributed by atoms with van der Waals surface area (Å²) in [4.78, 5) is 13.0. The highest BCUT2D eigenvalue weighted by Crippen LogP contribution is 2.60. The topological polar surface area (TPSA) is 34.9 Å². The van der Waals surface area contributed by atoms with Crippen molar-refractivity contribution in [2.75, 3.05) is 0 Å². The second kappa shape index (κ2) is 4.19. The zero-order valence-corrected chi connectivity index (χ0v) is 12.6. The molecule has 0 amide bonds. The summed E-state index contributed by atoms with van der Waals surface area (Å²) in [5.74, 6) is 3.04. The van der Waals surface area contributed by atoms with Crippen LogP contribution in [0.5, 0.6) is 0 Å². The molecule has 0 saturated heterocycles. The molecule has 1 aromatic heterocycles. The Morgan fingerprint density at radius 2 is 1.80 bits per heavy atom. The maximum absolute atomic E-state index is 13.0. The van der Waals surface area contributed by atoms with Gasteiger partial charge in [0.1, 0.15) is 5.78 Å². The van der Waals surface area contributed by atoms with Crippen molar-refractivity contribution in [2.24, 2.45) is 30.2 Å². The summed E-state index contributed by atoms with van der Waals surface area (Å²) in [6.45, 7) is 2.00. The fraction of sp³-hybridized carbons (Fsp3) is 0.765. The van der Waals surface area contributed by atoms with Gasteiger partial charge in [-0.15, -0.1) is 0 Å². The van der Waals surface area contributed by atoms with Crippen LogP contribution in [-0.2, 0) is 18.3 Å². The number of nitrogens with zero attached hydrogens (tertiary/aromatic N) is 2. The molecule has 4 bridgehead atoms. The van der Waals surface area contributed by atoms with Crippen molar-refractivity contribution in [2.45, 2.75) is 51.9 Å². The SMILES string of the molecule is Cc1cc(CC(=O)C23CC4CC(CC(C4)C2)C3)n(C)n1. The molecular weight excluding hydrogens is 248 g/mol. The number of hydrogen-bond donors (Lipinski definition) is 0. The molecule has 4 saturated carbocycles. The van der Waals surface area contributed by atoms with Crippen molar-refractivity contribution in [1.29, 1.82) is 0 Å². The summed E-state index contributed by atoms with van der Waals surface area (Å²) >= 11 is 0. The van der Waals surface area contributed by atoms with Gasteiger partial charge in [0, 0.05) is 24.6 Å². The van der Waals surface area contributed by atoms with Gasteiger partial charge >= 0.3 is 0 Å². The highest BCUT2D eigenvalue weighted by Gasteiger charge is 2.54. The van der Waals surface area contributed by atoms with E-state index in [4.69, 9.17) is 0 Å². The van der Waals surface area contributed by atoms with Crippen LogP contribution < -0.4 is 0 Å². The summed E-state index contributed by atoms with van der Waals surface area (Å²) in [5, 5.41) is 4.37. The first kappa shape index (κ1) is 12.6. The Morgan fingerprint density at radius 1 is 1.25 bits per heavy atom. The van der Waals surface area contributed by atoms with Crippen LogP contribution in [0.3, 0.4) is 0 Å². The molecule has 0 aromatic carbocycles. The number of ketones is 1. The minimum Gasteiger partial charge on any atom is -0.299 e. The predicted molar refractivity (Wildman–Crippen MR) is 77.3 cm³/mol. The number of hydrogen-bond acceptors (Lipinski definition) is 2. The normalized spacial score (nSPS) is 38.4. The molecule has 0 N–H and O–H groups in total. The predicted octanol–water partition coefficient (Wildman–Crippen LogP) is 3.06. The molecule has 3 nitrogen and oxygen atoms in total. The number of aryl methyl sites for hydroxylation is 2. The molecule has 20 heavy (non-hydrogen) atoms. The molecule has 0 aliphatic heterocycles. The van der Waals surface area contributed by atoms with Crippen molar-refractivity contribution in [1.82, 2.24) is 9.78 Å². The Bertz CT molecular complexity index is 522. The maximum atomic E-state index is 13.0. The van der Waals surface area contributed by atoms with Crippen molar-refractivity contribution >= 4 is 5.78 Å². The maximum Gasteiger partial charge on any atom is 0.144 e. The second-order valence-corrected chi connectivity index (χ2v) is 7.70. The van der Waals surface area contributed by atoms with Crippen LogP contribution in [0.1, 0.15) is 49.9 Å². The third kappa shape index (κ3) is 1.86. The minimum atomic E-state index is 0.0346. The first-order valence-electron chi connectivity index (χ1n) is 8.07. The molecule has 1 aromatic rings. The van der Waals surface area contributed by atoms with Gasteiger partial charge in [0.25, 0.3) is 0 Å². The number of rotatable bonds is 3. The van der Waals surface area contributed by atoms with Crippen LogP contribution >= 0.6 is 0 Å². The van der Waals surface area contributed by atoms with E-state index in [0.717, 1.165) is 29.1 Å². The zero-order valence-electron chi connectivity index (χ0n) is 12.6. The number of aromatic nitrogens is 2. The average Bonchev–Trinajstić information content (AvgIpc) is 2.66. The smallest absolute Gasteiger partial charge is 0.144 e. The lowest BCUT2D eigenvalue weighted by Gasteiger charge is -2.56. The van der Waals surface area contributed by atoms with Crippen molar-refractivity contribution in [3.63, 3.8) is 0 Å². The van der Waals surface area contributed by atoms with Gasteiger partial charge in [0.15, 0.2) is 0 Å². The van der Waals surface area contributed by atoms with Gasteiger partial charge in [0.05, 0.1) is 5.69 Å². The van der Waals surface area contributed by atoms with E-state index in [1.54, 1.807) is 0 Å². The lowest BCUT2D eigenvalue weighted by molar-refractivity contribution is -0.143. The van der Waals surface area contributed by atoms with Crippen LogP contribution in [0.4, 0.5) is 0 Å². The first-order chi connectivity index (χ1) is 9.54. The quantitative estimate of drug-likeness (QED) is 0.847. The summed E-state index contributed by atoms with van der Waals surface area (Å²) in [7, 11) is 1.95. The fourth-order valence-electron chi connectivity index (χ4n) is 5.63. The third-order valence-electron chi connectivity index (χ3n) is 6.07. The van der Waals surface area contributed by atoms with E-state index in [1.165, 1.54) is 38.5 Å². The monoisotopic (exact) mass is 272 g/mol. The van der Waals surface area contributed by atoms with Gasteiger partial charge in [-0.1, -0.05) is 0 Å². The van der Waals surface area contributed by atoms with E-state index >= 15 is 0 Å². The molecular formula is C17H24N2O. The fourth-order valence-corrected chi connectivity index (χ4v) is 5.63. The summed E-state index contributed by atoms with van der Waals surface area (Å²) in [6, 6.07) is 2.07. The molecule has 4 aliphatic carbocycles. The molecule has 4 fully saturated rings. The van der Waals surface area contributed by atoms with Gasteiger partial charge in [0.2, 0.25) is 0 Å². The van der Waals surface area contributed by atoms with Gasteiger partial charge in [-0.2, -0.15) is 5.10 Å². The molecule has 3 heteroatoms. The summed E-state index contributed by atoms with van der Waals surface area (Å²) < 4.78 is 1.88. The van der Waals surface area contributed by atoms with Crippen molar-refractivity contribution in [3.8, 4) is 0 Å². The lowest BCUT2D eigenvalue weighted by atomic mass is 9.48. The van der Waals surface area contributed by atoms with E-state index in [9.17, 15) is 4.79 Å². The van der Waals surface area contributed by atoms with Gasteiger partial charge < -0.3 is 0 Å². The number of carbonyl (C=O) groups is 1. The van der Waals surface area contributed by atoms with Crippen LogP contribution in [-0.4, -0.2) is 15.6 Å². The minimum absolute atomic E-state index is 0.0346. The summed E-state index contributed by atoms with van der Waals surface area (Å²) in [6.07, 6.45) is 8.31. The van der Waals surface area contributed by atoms with E-state index in [1.807, 2.05) is 18.7 Å². The van der Waals surface area contributed by atoms with Crippen molar-refractivity contribution < 1.29 is 4.79 Å². The van der Waals surface area contributed by atoms with Gasteiger partial charge in [-0.3, -0.25) is 9.48 Å². The molecule has 108 valence electrons. The Hall–Kier alpha value is -1.12.